The van der Waals surface area contributed by atoms with Crippen LogP contribution in [0.5, 0.6) is 0 Å². The van der Waals surface area contributed by atoms with Gasteiger partial charge in [-0.1, -0.05) is 35.9 Å². The predicted octanol–water partition coefficient (Wildman–Crippen LogP) is 2.57. The first-order valence-electron chi connectivity index (χ1n) is 8.63. The maximum atomic E-state index is 13.5. The number of carbonyl (C=O) groups is 1. The highest BCUT2D eigenvalue weighted by Gasteiger charge is 2.18. The van der Waals surface area contributed by atoms with Gasteiger partial charge in [-0.05, 0) is 43.9 Å². The summed E-state index contributed by atoms with van der Waals surface area (Å²) in [5.74, 6) is -0.658. The van der Waals surface area contributed by atoms with E-state index < -0.39 is 10.0 Å². The molecule has 0 aromatic heterocycles. The van der Waals surface area contributed by atoms with E-state index in [4.69, 9.17) is 11.6 Å². The van der Waals surface area contributed by atoms with Crippen LogP contribution < -0.4 is 10.0 Å². The fourth-order valence-electron chi connectivity index (χ4n) is 2.65. The summed E-state index contributed by atoms with van der Waals surface area (Å²) in [5, 5.41) is 2.87. The van der Waals surface area contributed by atoms with E-state index in [1.165, 1.54) is 24.3 Å². The summed E-state index contributed by atoms with van der Waals surface area (Å²) in [6.07, 6.45) is -0.0347. The van der Waals surface area contributed by atoms with E-state index in [9.17, 15) is 17.6 Å². The Labute approximate surface area is 169 Å². The number of benzene rings is 2. The Balaban J connectivity index is 1.87. The van der Waals surface area contributed by atoms with Crippen molar-refractivity contribution < 1.29 is 17.6 Å². The van der Waals surface area contributed by atoms with Crippen molar-refractivity contribution in [2.75, 3.05) is 27.2 Å². The van der Waals surface area contributed by atoms with Crippen LogP contribution in [-0.2, 0) is 14.8 Å². The summed E-state index contributed by atoms with van der Waals surface area (Å²) in [5.41, 5.74) is 0.740. The molecular formula is C19H23ClFN3O3S. The van der Waals surface area contributed by atoms with E-state index in [-0.39, 0.29) is 47.2 Å². The third kappa shape index (κ3) is 6.27. The molecule has 0 aliphatic heterocycles. The van der Waals surface area contributed by atoms with E-state index >= 15 is 0 Å². The molecule has 9 heteroatoms. The number of likely N-dealkylation sites (N-methyl/N-ethyl adjacent to an activating group) is 1. The number of rotatable bonds is 9. The normalized spacial score (nSPS) is 12.8. The van der Waals surface area contributed by atoms with Gasteiger partial charge in [0, 0.05) is 19.5 Å². The molecule has 0 bridgehead atoms. The highest BCUT2D eigenvalue weighted by molar-refractivity contribution is 7.89. The summed E-state index contributed by atoms with van der Waals surface area (Å²) in [6, 6.07) is 12.1. The van der Waals surface area contributed by atoms with Gasteiger partial charge in [-0.15, -0.1) is 0 Å². The van der Waals surface area contributed by atoms with Crippen molar-refractivity contribution in [2.45, 2.75) is 17.4 Å². The first-order chi connectivity index (χ1) is 13.2. The van der Waals surface area contributed by atoms with Gasteiger partial charge < -0.3 is 10.2 Å². The van der Waals surface area contributed by atoms with Crippen LogP contribution in [0.15, 0.2) is 53.4 Å². The number of nitrogens with zero attached hydrogens (tertiary/aromatic N) is 1. The van der Waals surface area contributed by atoms with Crippen molar-refractivity contribution >= 4 is 27.5 Å². The van der Waals surface area contributed by atoms with Crippen LogP contribution in [0.25, 0.3) is 0 Å². The van der Waals surface area contributed by atoms with Crippen molar-refractivity contribution in [1.82, 2.24) is 14.9 Å². The van der Waals surface area contributed by atoms with Crippen LogP contribution in [0, 0.1) is 5.82 Å². The van der Waals surface area contributed by atoms with E-state index in [1.807, 2.05) is 19.0 Å². The molecule has 0 fully saturated rings. The highest BCUT2D eigenvalue weighted by atomic mass is 35.5. The van der Waals surface area contributed by atoms with Crippen molar-refractivity contribution in [3.05, 3.63) is 64.9 Å². The molecule has 2 rings (SSSR count). The number of sulfonamides is 1. The third-order valence-electron chi connectivity index (χ3n) is 4.12. The predicted molar refractivity (Wildman–Crippen MR) is 107 cm³/mol. The number of carbonyl (C=O) groups excluding carboxylic acids is 1. The molecule has 152 valence electrons. The van der Waals surface area contributed by atoms with Gasteiger partial charge in [-0.3, -0.25) is 4.79 Å². The standard InChI is InChI=1S/C19H23ClFN3O3S/c1-24(2)17(14-6-5-7-15(21)12-14)13-22-19(25)10-11-23-28(26,27)18-9-4-3-8-16(18)20/h3-9,12,17,23H,10-11,13H2,1-2H3,(H,22,25). The lowest BCUT2D eigenvalue weighted by Crippen LogP contribution is -2.36. The SMILES string of the molecule is CN(C)C(CNC(=O)CCNS(=O)(=O)c1ccccc1Cl)c1cccc(F)c1. The third-order valence-corrected chi connectivity index (χ3v) is 6.08. The quantitative estimate of drug-likeness (QED) is 0.644. The molecule has 0 aliphatic carbocycles. The zero-order chi connectivity index (χ0) is 20.7. The van der Waals surface area contributed by atoms with E-state index in [2.05, 4.69) is 10.0 Å². The number of nitrogens with one attached hydrogen (secondary N) is 2. The Kier molecular flexibility index (Phi) is 7.94. The lowest BCUT2D eigenvalue weighted by atomic mass is 10.1. The molecule has 1 unspecified atom stereocenters. The smallest absolute Gasteiger partial charge is 0.242 e. The molecule has 0 aliphatic rings. The minimum absolute atomic E-state index is 0.0316. The van der Waals surface area contributed by atoms with Gasteiger partial charge in [0.25, 0.3) is 0 Å². The lowest BCUT2D eigenvalue weighted by molar-refractivity contribution is -0.121. The monoisotopic (exact) mass is 427 g/mol. The molecule has 0 spiro atoms. The maximum Gasteiger partial charge on any atom is 0.242 e. The largest absolute Gasteiger partial charge is 0.354 e. The molecule has 2 aromatic carbocycles. The number of hydrogen-bond donors (Lipinski definition) is 2. The van der Waals surface area contributed by atoms with Gasteiger partial charge in [0.2, 0.25) is 15.9 Å². The molecule has 2 aromatic rings. The van der Waals surface area contributed by atoms with Gasteiger partial charge in [0.1, 0.15) is 10.7 Å². The van der Waals surface area contributed by atoms with Crippen LogP contribution in [0.2, 0.25) is 5.02 Å². The minimum atomic E-state index is -3.79. The number of hydrogen-bond acceptors (Lipinski definition) is 4. The van der Waals surface area contributed by atoms with Crippen LogP contribution in [0.3, 0.4) is 0 Å². The van der Waals surface area contributed by atoms with E-state index in [1.54, 1.807) is 24.3 Å². The van der Waals surface area contributed by atoms with Crippen LogP contribution in [0.1, 0.15) is 18.0 Å². The molecule has 1 atom stereocenters. The first-order valence-corrected chi connectivity index (χ1v) is 10.5. The molecule has 0 radical (unpaired) electrons. The molecule has 6 nitrogen and oxygen atoms in total. The second kappa shape index (κ2) is 9.97. The summed E-state index contributed by atoms with van der Waals surface area (Å²) in [6.45, 7) is 0.207. The average Bonchev–Trinajstić information content (AvgIpc) is 2.61. The number of amides is 1. The van der Waals surface area contributed by atoms with Crippen molar-refractivity contribution in [3.8, 4) is 0 Å². The molecule has 0 heterocycles. The zero-order valence-electron chi connectivity index (χ0n) is 15.7. The summed E-state index contributed by atoms with van der Waals surface area (Å²) < 4.78 is 40.3. The van der Waals surface area contributed by atoms with E-state index in [0.717, 1.165) is 5.56 Å². The molecule has 0 saturated heterocycles. The van der Waals surface area contributed by atoms with Gasteiger partial charge in [-0.25, -0.2) is 17.5 Å². The fraction of sp³-hybridized carbons (Fsp3) is 0.316. The topological polar surface area (TPSA) is 78.5 Å². The number of halogens is 2. The van der Waals surface area contributed by atoms with Crippen molar-refractivity contribution in [3.63, 3.8) is 0 Å². The Hall–Kier alpha value is -2.00. The van der Waals surface area contributed by atoms with Crippen molar-refractivity contribution in [2.24, 2.45) is 0 Å². The second-order valence-corrected chi connectivity index (χ2v) is 8.56. The molecular weight excluding hydrogens is 405 g/mol. The van der Waals surface area contributed by atoms with Gasteiger partial charge >= 0.3 is 0 Å². The summed E-state index contributed by atoms with van der Waals surface area (Å²) in [7, 11) is -0.125. The Morgan fingerprint density at radius 2 is 1.89 bits per heavy atom. The van der Waals surface area contributed by atoms with Gasteiger partial charge in [-0.2, -0.15) is 0 Å². The molecule has 0 saturated carbocycles. The fourth-order valence-corrected chi connectivity index (χ4v) is 4.20. The minimum Gasteiger partial charge on any atom is -0.354 e. The second-order valence-electron chi connectivity index (χ2n) is 6.42. The average molecular weight is 428 g/mol. The van der Waals surface area contributed by atoms with Crippen LogP contribution in [0.4, 0.5) is 4.39 Å². The zero-order valence-corrected chi connectivity index (χ0v) is 17.2. The molecule has 1 amide bonds. The maximum absolute atomic E-state index is 13.5. The Morgan fingerprint density at radius 1 is 1.18 bits per heavy atom. The highest BCUT2D eigenvalue weighted by Crippen LogP contribution is 2.20. The lowest BCUT2D eigenvalue weighted by Gasteiger charge is -2.25. The first kappa shape index (κ1) is 22.3. The summed E-state index contributed by atoms with van der Waals surface area (Å²) in [4.78, 5) is 13.9. The Morgan fingerprint density at radius 3 is 2.54 bits per heavy atom. The molecule has 2 N–H and O–H groups in total. The van der Waals surface area contributed by atoms with Gasteiger partial charge in [0.05, 0.1) is 11.1 Å². The Bertz CT molecular complexity index is 922. The van der Waals surface area contributed by atoms with Crippen molar-refractivity contribution in [1.29, 1.82) is 0 Å². The summed E-state index contributed by atoms with van der Waals surface area (Å²) >= 11 is 5.90. The van der Waals surface area contributed by atoms with Gasteiger partial charge in [0.15, 0.2) is 0 Å². The van der Waals surface area contributed by atoms with Crippen LogP contribution >= 0.6 is 11.6 Å². The molecule has 28 heavy (non-hydrogen) atoms. The van der Waals surface area contributed by atoms with Crippen LogP contribution in [-0.4, -0.2) is 46.4 Å². The van der Waals surface area contributed by atoms with E-state index in [0.29, 0.717) is 0 Å².